The van der Waals surface area contributed by atoms with Crippen molar-refractivity contribution in [2.24, 2.45) is 11.7 Å². The van der Waals surface area contributed by atoms with Crippen molar-refractivity contribution in [2.45, 2.75) is 45.7 Å². The Kier molecular flexibility index (Phi) is 6.46. The number of nitrogen functional groups attached to an aromatic ring is 1. The molecule has 2 amide bonds. The molecule has 0 fully saturated rings. The second-order valence-electron chi connectivity index (χ2n) is 6.82. The van der Waals surface area contributed by atoms with Crippen LogP contribution in [0.15, 0.2) is 12.4 Å². The summed E-state index contributed by atoms with van der Waals surface area (Å²) in [5.41, 5.74) is 10.5. The van der Waals surface area contributed by atoms with Crippen LogP contribution in [0.4, 0.5) is 11.4 Å². The maximum absolute atomic E-state index is 12.2. The molecule has 0 radical (unpaired) electrons. The number of aromatic carboxylic acids is 1. The second kappa shape index (κ2) is 7.93. The summed E-state index contributed by atoms with van der Waals surface area (Å²) >= 11 is 0. The number of carbonyl (C=O) groups excluding carboxylic acids is 2. The Balaban J connectivity index is 2.78. The molecule has 1 aromatic rings. The van der Waals surface area contributed by atoms with E-state index in [0.29, 0.717) is 0 Å². The fraction of sp³-hybridized carbons (Fsp3) is 0.500. The summed E-state index contributed by atoms with van der Waals surface area (Å²) < 4.78 is 0. The summed E-state index contributed by atoms with van der Waals surface area (Å²) in [7, 11) is 0. The number of pyridine rings is 1. The Morgan fingerprint density at radius 1 is 1.28 bits per heavy atom. The third-order valence-corrected chi connectivity index (χ3v) is 3.58. The van der Waals surface area contributed by atoms with Gasteiger partial charge in [0.15, 0.2) is 0 Å². The monoisotopic (exact) mass is 351 g/mol. The summed E-state index contributed by atoms with van der Waals surface area (Å²) in [5, 5.41) is 14.3. The van der Waals surface area contributed by atoms with Crippen LogP contribution >= 0.6 is 0 Å². The van der Waals surface area contributed by atoms with Gasteiger partial charge in [0.05, 0.1) is 23.6 Å². The lowest BCUT2D eigenvalue weighted by Crippen LogP contribution is -2.53. The number of rotatable bonds is 7. The van der Waals surface area contributed by atoms with Gasteiger partial charge < -0.3 is 27.2 Å². The molecule has 0 saturated heterocycles. The average Bonchev–Trinajstić information content (AvgIpc) is 2.46. The standard InChI is InChI=1S/C16H25N5O4/c1-8(2)12(17)14(23)21-16(3,4)5-11(22)20-10-7-19-6-9(13(10)18)15(24)25/h6-8,12H,5,17H2,1-4H3,(H2,18,19)(H,20,22)(H,21,23)(H,24,25)/t12-/m0/s1. The number of nitrogens with zero attached hydrogens (tertiary/aromatic N) is 1. The van der Waals surface area contributed by atoms with Crippen LogP contribution in [0.5, 0.6) is 0 Å². The topological polar surface area (TPSA) is 160 Å². The molecule has 138 valence electrons. The molecule has 0 spiro atoms. The lowest BCUT2D eigenvalue weighted by Gasteiger charge is -2.28. The van der Waals surface area contributed by atoms with E-state index in [1.807, 2.05) is 13.8 Å². The quantitative estimate of drug-likeness (QED) is 0.480. The van der Waals surface area contributed by atoms with Gasteiger partial charge in [-0.25, -0.2) is 4.79 Å². The van der Waals surface area contributed by atoms with Crippen molar-refractivity contribution in [1.82, 2.24) is 10.3 Å². The Morgan fingerprint density at radius 3 is 2.40 bits per heavy atom. The number of carboxylic acids is 1. The van der Waals surface area contributed by atoms with E-state index in [9.17, 15) is 14.4 Å². The number of carboxylic acid groups (broad SMARTS) is 1. The minimum absolute atomic E-state index is 0.0331. The SMILES string of the molecule is CC(C)[C@H](N)C(=O)NC(C)(C)CC(=O)Nc1cncc(C(=O)O)c1N. The Labute approximate surface area is 146 Å². The van der Waals surface area contributed by atoms with Gasteiger partial charge in [-0.05, 0) is 19.8 Å². The third kappa shape index (κ3) is 5.71. The third-order valence-electron chi connectivity index (χ3n) is 3.58. The van der Waals surface area contributed by atoms with Gasteiger partial charge in [-0.15, -0.1) is 0 Å². The number of nitrogens with one attached hydrogen (secondary N) is 2. The van der Waals surface area contributed by atoms with Crippen LogP contribution in [0, 0.1) is 5.92 Å². The maximum Gasteiger partial charge on any atom is 0.339 e. The molecule has 7 N–H and O–H groups in total. The van der Waals surface area contributed by atoms with Gasteiger partial charge in [-0.3, -0.25) is 14.6 Å². The van der Waals surface area contributed by atoms with Gasteiger partial charge in [0.25, 0.3) is 0 Å². The van der Waals surface area contributed by atoms with Crippen molar-refractivity contribution in [1.29, 1.82) is 0 Å². The highest BCUT2D eigenvalue weighted by molar-refractivity contribution is 6.01. The summed E-state index contributed by atoms with van der Waals surface area (Å²) in [4.78, 5) is 39.1. The van der Waals surface area contributed by atoms with Crippen molar-refractivity contribution in [3.63, 3.8) is 0 Å². The van der Waals surface area contributed by atoms with Crippen molar-refractivity contribution < 1.29 is 19.5 Å². The highest BCUT2D eigenvalue weighted by Crippen LogP contribution is 2.22. The summed E-state index contributed by atoms with van der Waals surface area (Å²) in [6, 6.07) is -0.672. The molecule has 0 aliphatic rings. The molecule has 1 atom stereocenters. The highest BCUT2D eigenvalue weighted by atomic mass is 16.4. The molecular weight excluding hydrogens is 326 g/mol. The van der Waals surface area contributed by atoms with E-state index in [1.54, 1.807) is 13.8 Å². The summed E-state index contributed by atoms with van der Waals surface area (Å²) in [5.74, 6) is -2.06. The Hall–Kier alpha value is -2.68. The van der Waals surface area contributed by atoms with E-state index < -0.39 is 23.5 Å². The molecule has 25 heavy (non-hydrogen) atoms. The molecule has 1 heterocycles. The van der Waals surface area contributed by atoms with E-state index in [1.165, 1.54) is 6.20 Å². The molecule has 0 aromatic carbocycles. The molecule has 0 unspecified atom stereocenters. The van der Waals surface area contributed by atoms with Crippen LogP contribution in [0.2, 0.25) is 0 Å². The highest BCUT2D eigenvalue weighted by Gasteiger charge is 2.28. The minimum atomic E-state index is -1.24. The zero-order valence-electron chi connectivity index (χ0n) is 14.8. The normalized spacial score (nSPS) is 12.6. The number of hydrogen-bond donors (Lipinski definition) is 5. The van der Waals surface area contributed by atoms with Crippen molar-refractivity contribution in [3.05, 3.63) is 18.0 Å². The zero-order chi connectivity index (χ0) is 19.4. The van der Waals surface area contributed by atoms with Gasteiger partial charge in [-0.1, -0.05) is 13.8 Å². The first-order valence-electron chi connectivity index (χ1n) is 7.79. The lowest BCUT2D eigenvalue weighted by atomic mass is 9.97. The summed E-state index contributed by atoms with van der Waals surface area (Å²) in [6.45, 7) is 7.03. The van der Waals surface area contributed by atoms with Crippen LogP contribution in [0.25, 0.3) is 0 Å². The van der Waals surface area contributed by atoms with Gasteiger partial charge in [-0.2, -0.15) is 0 Å². The molecule has 1 aromatic heterocycles. The lowest BCUT2D eigenvalue weighted by molar-refractivity contribution is -0.125. The molecule has 0 aliphatic carbocycles. The number of anilines is 2. The van der Waals surface area contributed by atoms with E-state index in [4.69, 9.17) is 16.6 Å². The predicted molar refractivity (Wildman–Crippen MR) is 93.9 cm³/mol. The molecule has 0 aliphatic heterocycles. The zero-order valence-corrected chi connectivity index (χ0v) is 14.8. The van der Waals surface area contributed by atoms with Crippen molar-refractivity contribution in [2.75, 3.05) is 11.1 Å². The first-order valence-corrected chi connectivity index (χ1v) is 7.79. The fourth-order valence-electron chi connectivity index (χ4n) is 2.10. The van der Waals surface area contributed by atoms with Crippen LogP contribution in [-0.4, -0.2) is 39.5 Å². The first-order chi connectivity index (χ1) is 11.4. The second-order valence-corrected chi connectivity index (χ2v) is 6.82. The number of aromatic nitrogens is 1. The molecule has 1 rings (SSSR count). The smallest absolute Gasteiger partial charge is 0.339 e. The van der Waals surface area contributed by atoms with E-state index in [2.05, 4.69) is 15.6 Å². The van der Waals surface area contributed by atoms with Gasteiger partial charge in [0, 0.05) is 18.2 Å². The maximum atomic E-state index is 12.2. The van der Waals surface area contributed by atoms with E-state index in [-0.39, 0.29) is 35.2 Å². The number of nitrogens with two attached hydrogens (primary N) is 2. The number of carbonyl (C=O) groups is 3. The first kappa shape index (κ1) is 20.4. The van der Waals surface area contributed by atoms with E-state index >= 15 is 0 Å². The van der Waals surface area contributed by atoms with Crippen molar-refractivity contribution >= 4 is 29.2 Å². The van der Waals surface area contributed by atoms with Crippen LogP contribution in [-0.2, 0) is 9.59 Å². The molecule has 9 heteroatoms. The number of hydrogen-bond acceptors (Lipinski definition) is 6. The molecule has 0 bridgehead atoms. The van der Waals surface area contributed by atoms with Crippen LogP contribution < -0.4 is 22.1 Å². The van der Waals surface area contributed by atoms with E-state index in [0.717, 1.165) is 6.20 Å². The molecular formula is C16H25N5O4. The Bertz CT molecular complexity index is 672. The Morgan fingerprint density at radius 2 is 1.88 bits per heavy atom. The van der Waals surface area contributed by atoms with Crippen molar-refractivity contribution in [3.8, 4) is 0 Å². The fourth-order valence-corrected chi connectivity index (χ4v) is 2.10. The predicted octanol–water partition coefficient (Wildman–Crippen LogP) is 0.569. The average molecular weight is 351 g/mol. The largest absolute Gasteiger partial charge is 0.478 e. The summed E-state index contributed by atoms with van der Waals surface area (Å²) in [6.07, 6.45) is 2.31. The van der Waals surface area contributed by atoms with Gasteiger partial charge in [0.2, 0.25) is 11.8 Å². The molecule has 9 nitrogen and oxygen atoms in total. The number of amides is 2. The van der Waals surface area contributed by atoms with Gasteiger partial charge in [0.1, 0.15) is 5.56 Å². The molecule has 0 saturated carbocycles. The van der Waals surface area contributed by atoms with Crippen LogP contribution in [0.3, 0.4) is 0 Å². The van der Waals surface area contributed by atoms with Gasteiger partial charge >= 0.3 is 5.97 Å². The van der Waals surface area contributed by atoms with Crippen LogP contribution in [0.1, 0.15) is 44.5 Å². The minimum Gasteiger partial charge on any atom is -0.478 e.